The van der Waals surface area contributed by atoms with E-state index in [9.17, 15) is 18.0 Å². The van der Waals surface area contributed by atoms with Crippen molar-refractivity contribution in [2.45, 2.75) is 103 Å². The Kier molecular flexibility index (Phi) is 8.48. The van der Waals surface area contributed by atoms with Gasteiger partial charge in [-0.15, -0.1) is 0 Å². The van der Waals surface area contributed by atoms with Crippen molar-refractivity contribution in [2.75, 3.05) is 49.6 Å². The van der Waals surface area contributed by atoms with Crippen molar-refractivity contribution in [3.8, 4) is 0 Å². The van der Waals surface area contributed by atoms with Gasteiger partial charge in [-0.2, -0.15) is 13.2 Å². The molecule has 0 bridgehead atoms. The number of rotatable bonds is 4. The normalized spacial score (nSPS) is 29.0. The third-order valence-corrected chi connectivity index (χ3v) is 9.24. The number of carbonyl (C=O) groups is 1. The number of nitrogens with zero attached hydrogens (tertiary/aromatic N) is 5. The SMILES string of the molecule is CN(CC1CN(C(=O)OC(C)(C)C)CCC1(C)F)c1cc(N2CCC(C)(F)C3(CCCCC3)C2)nc(C(F)(F)F)n1. The first-order valence-electron chi connectivity index (χ1n) is 14.6. The Morgan fingerprint density at radius 3 is 2.32 bits per heavy atom. The Labute approximate surface area is 239 Å². The van der Waals surface area contributed by atoms with Gasteiger partial charge >= 0.3 is 12.3 Å². The average molecular weight is 590 g/mol. The minimum Gasteiger partial charge on any atom is -0.444 e. The molecule has 41 heavy (non-hydrogen) atoms. The van der Waals surface area contributed by atoms with E-state index in [0.29, 0.717) is 12.8 Å². The highest BCUT2D eigenvalue weighted by atomic mass is 19.4. The van der Waals surface area contributed by atoms with E-state index in [1.54, 1.807) is 39.6 Å². The highest BCUT2D eigenvalue weighted by Gasteiger charge is 2.53. The number of halogens is 5. The molecule has 4 rings (SSSR count). The number of amides is 1. The first-order chi connectivity index (χ1) is 18.8. The van der Waals surface area contributed by atoms with E-state index < -0.39 is 46.4 Å². The van der Waals surface area contributed by atoms with E-state index in [2.05, 4.69) is 9.97 Å². The molecule has 3 atom stereocenters. The van der Waals surface area contributed by atoms with E-state index in [0.717, 1.165) is 19.3 Å². The highest BCUT2D eigenvalue weighted by molar-refractivity contribution is 5.68. The van der Waals surface area contributed by atoms with Crippen LogP contribution in [0.5, 0.6) is 0 Å². The number of piperidine rings is 2. The largest absolute Gasteiger partial charge is 0.451 e. The van der Waals surface area contributed by atoms with Gasteiger partial charge in [0.15, 0.2) is 0 Å². The maximum atomic E-state index is 15.8. The number of hydrogen-bond donors (Lipinski definition) is 0. The van der Waals surface area contributed by atoms with Gasteiger partial charge in [0, 0.05) is 57.2 Å². The van der Waals surface area contributed by atoms with Gasteiger partial charge in [-0.05, 0) is 60.3 Å². The molecular formula is C29H44F5N5O2. The van der Waals surface area contributed by atoms with Crippen LogP contribution in [0.2, 0.25) is 0 Å². The lowest BCUT2D eigenvalue weighted by Crippen LogP contribution is -2.57. The van der Waals surface area contributed by atoms with Crippen LogP contribution in [0, 0.1) is 11.3 Å². The van der Waals surface area contributed by atoms with Gasteiger partial charge in [-0.1, -0.05) is 19.3 Å². The molecule has 3 unspecified atom stereocenters. The number of ether oxygens (including phenoxy) is 1. The maximum absolute atomic E-state index is 15.8. The second kappa shape index (κ2) is 11.0. The molecule has 0 aromatic carbocycles. The Hall–Kier alpha value is -2.40. The third-order valence-electron chi connectivity index (χ3n) is 9.24. The summed E-state index contributed by atoms with van der Waals surface area (Å²) in [7, 11) is 1.56. The van der Waals surface area contributed by atoms with E-state index >= 15 is 8.78 Å². The Morgan fingerprint density at radius 2 is 1.71 bits per heavy atom. The van der Waals surface area contributed by atoms with Gasteiger partial charge < -0.3 is 19.4 Å². The van der Waals surface area contributed by atoms with Crippen molar-refractivity contribution in [1.82, 2.24) is 14.9 Å². The number of aromatic nitrogens is 2. The van der Waals surface area contributed by atoms with Crippen molar-refractivity contribution < 1.29 is 31.5 Å². The zero-order valence-corrected chi connectivity index (χ0v) is 25.1. The first-order valence-corrected chi connectivity index (χ1v) is 14.6. The smallest absolute Gasteiger partial charge is 0.444 e. The highest BCUT2D eigenvalue weighted by Crippen LogP contribution is 2.52. The molecular weight excluding hydrogens is 545 g/mol. The standard InChI is InChI=1S/C29H44F5N5O2/c1-25(2,3)41-24(40)38-14-12-26(4,30)20(18-38)17-37(6)21-16-22(36-23(35-21)29(32,33)34)39-15-13-27(5,31)28(19-39)10-8-7-9-11-28/h16,20H,7-15,17-19H2,1-6H3. The van der Waals surface area contributed by atoms with Crippen molar-refractivity contribution in [2.24, 2.45) is 11.3 Å². The van der Waals surface area contributed by atoms with Gasteiger partial charge in [0.25, 0.3) is 0 Å². The maximum Gasteiger partial charge on any atom is 0.451 e. The summed E-state index contributed by atoms with van der Waals surface area (Å²) >= 11 is 0. The van der Waals surface area contributed by atoms with Crippen LogP contribution in [0.4, 0.5) is 38.4 Å². The van der Waals surface area contributed by atoms with Crippen LogP contribution in [0.25, 0.3) is 0 Å². The predicted molar refractivity (Wildman–Crippen MR) is 148 cm³/mol. The lowest BCUT2D eigenvalue weighted by Gasteiger charge is -2.53. The van der Waals surface area contributed by atoms with Gasteiger partial charge in [0.2, 0.25) is 5.82 Å². The zero-order chi connectivity index (χ0) is 30.4. The molecule has 1 amide bonds. The van der Waals surface area contributed by atoms with Crippen molar-refractivity contribution >= 4 is 17.7 Å². The molecule has 1 aromatic heterocycles. The van der Waals surface area contributed by atoms with Gasteiger partial charge in [-0.25, -0.2) is 23.5 Å². The van der Waals surface area contributed by atoms with E-state index in [1.807, 2.05) is 0 Å². The van der Waals surface area contributed by atoms with Crippen LogP contribution in [-0.4, -0.2) is 77.7 Å². The third kappa shape index (κ3) is 6.98. The van der Waals surface area contributed by atoms with Crippen molar-refractivity contribution in [1.29, 1.82) is 0 Å². The summed E-state index contributed by atoms with van der Waals surface area (Å²) in [5.74, 6) is -1.89. The van der Waals surface area contributed by atoms with Crippen LogP contribution >= 0.6 is 0 Å². The summed E-state index contributed by atoms with van der Waals surface area (Å²) in [4.78, 5) is 25.0. The summed E-state index contributed by atoms with van der Waals surface area (Å²) in [5, 5.41) is 0. The molecule has 12 heteroatoms. The van der Waals surface area contributed by atoms with Crippen molar-refractivity contribution in [3.63, 3.8) is 0 Å². The number of alkyl halides is 5. The van der Waals surface area contributed by atoms with Crippen LogP contribution in [-0.2, 0) is 10.9 Å². The summed E-state index contributed by atoms with van der Waals surface area (Å²) in [6, 6.07) is 1.48. The minimum atomic E-state index is -4.80. The van der Waals surface area contributed by atoms with Gasteiger partial charge in [0.05, 0.1) is 0 Å². The molecule has 3 heterocycles. The van der Waals surface area contributed by atoms with Gasteiger partial charge in [0.1, 0.15) is 28.6 Å². The molecule has 2 aliphatic heterocycles. The average Bonchev–Trinajstić information content (AvgIpc) is 2.85. The zero-order valence-electron chi connectivity index (χ0n) is 25.1. The fraction of sp³-hybridized carbons (Fsp3) is 0.828. The summed E-state index contributed by atoms with van der Waals surface area (Å²) in [6.45, 7) is 9.10. The molecule has 1 spiro atoms. The molecule has 1 aliphatic carbocycles. The van der Waals surface area contributed by atoms with Gasteiger partial charge in [-0.3, -0.25) is 0 Å². The second-order valence-electron chi connectivity index (χ2n) is 13.6. The van der Waals surface area contributed by atoms with Crippen LogP contribution < -0.4 is 9.80 Å². The second-order valence-corrected chi connectivity index (χ2v) is 13.6. The fourth-order valence-corrected chi connectivity index (χ4v) is 6.50. The van der Waals surface area contributed by atoms with Crippen molar-refractivity contribution in [3.05, 3.63) is 11.9 Å². The Morgan fingerprint density at radius 1 is 1.05 bits per heavy atom. The quantitative estimate of drug-likeness (QED) is 0.360. The van der Waals surface area contributed by atoms with Crippen LogP contribution in [0.3, 0.4) is 0 Å². The molecule has 232 valence electrons. The predicted octanol–water partition coefficient (Wildman–Crippen LogP) is 6.81. The van der Waals surface area contributed by atoms with Crippen LogP contribution in [0.1, 0.15) is 85.4 Å². The topological polar surface area (TPSA) is 61.8 Å². The Bertz CT molecular complexity index is 1100. The molecule has 0 radical (unpaired) electrons. The number of anilines is 2. The molecule has 0 N–H and O–H groups in total. The monoisotopic (exact) mass is 589 g/mol. The lowest BCUT2D eigenvalue weighted by molar-refractivity contribution is -0.144. The van der Waals surface area contributed by atoms with E-state index in [4.69, 9.17) is 4.74 Å². The molecule has 2 saturated heterocycles. The van der Waals surface area contributed by atoms with E-state index in [1.165, 1.54) is 22.8 Å². The molecule has 1 aromatic rings. The molecule has 7 nitrogen and oxygen atoms in total. The Balaban J connectivity index is 1.59. The molecule has 3 fully saturated rings. The minimum absolute atomic E-state index is 0.00112. The first kappa shape index (κ1) is 31.5. The fourth-order valence-electron chi connectivity index (χ4n) is 6.50. The number of likely N-dealkylation sites (tertiary alicyclic amines) is 1. The molecule has 3 aliphatic rings. The molecule has 1 saturated carbocycles. The summed E-state index contributed by atoms with van der Waals surface area (Å²) in [5.41, 5.74) is -4.41. The van der Waals surface area contributed by atoms with Crippen LogP contribution in [0.15, 0.2) is 6.07 Å². The summed E-state index contributed by atoms with van der Waals surface area (Å²) < 4.78 is 78.8. The number of hydrogen-bond acceptors (Lipinski definition) is 6. The van der Waals surface area contributed by atoms with E-state index in [-0.39, 0.29) is 57.2 Å². The lowest BCUT2D eigenvalue weighted by atomic mass is 9.62. The summed E-state index contributed by atoms with van der Waals surface area (Å²) in [6.07, 6.45) is -0.894. The number of carbonyl (C=O) groups excluding carboxylic acids is 1.